The first-order chi connectivity index (χ1) is 9.65. The molecule has 0 fully saturated rings. The zero-order chi connectivity index (χ0) is 13.9. The number of hydrogen-bond donors (Lipinski definition) is 0. The predicted octanol–water partition coefficient (Wildman–Crippen LogP) is 2.32. The van der Waals surface area contributed by atoms with Crippen molar-refractivity contribution < 1.29 is 19.1 Å². The van der Waals surface area contributed by atoms with Gasteiger partial charge in [-0.2, -0.15) is 0 Å². The molecule has 1 atom stereocenters. The Morgan fingerprint density at radius 2 is 1.95 bits per heavy atom. The molecule has 4 heteroatoms. The molecule has 1 aromatic rings. The number of carbonyl (C=O) groups excluding carboxylic acids is 2. The van der Waals surface area contributed by atoms with Crippen molar-refractivity contribution in [3.63, 3.8) is 0 Å². The third-order valence-corrected chi connectivity index (χ3v) is 4.38. The standard InChI is InChI=1S/C16H12O4/c1-2-16-4-3-9(17)5-12(16)15(18)10-6-13-14(7-11(10)16)20-8-19-13/h2,5-7H,1,3-4,8H2. The van der Waals surface area contributed by atoms with Crippen LogP contribution >= 0.6 is 0 Å². The number of carbonyl (C=O) groups is 2. The third kappa shape index (κ3) is 1.21. The molecule has 20 heavy (non-hydrogen) atoms. The number of ketones is 2. The number of fused-ring (bicyclic) bond motifs is 4. The third-order valence-electron chi connectivity index (χ3n) is 4.38. The lowest BCUT2D eigenvalue weighted by molar-refractivity contribution is -0.115. The van der Waals surface area contributed by atoms with Crippen molar-refractivity contribution in [1.29, 1.82) is 0 Å². The first-order valence-corrected chi connectivity index (χ1v) is 6.53. The summed E-state index contributed by atoms with van der Waals surface area (Å²) in [5.74, 6) is 1.13. The van der Waals surface area contributed by atoms with Crippen LogP contribution in [0.3, 0.4) is 0 Å². The van der Waals surface area contributed by atoms with Crippen molar-refractivity contribution in [2.45, 2.75) is 18.3 Å². The minimum Gasteiger partial charge on any atom is -0.454 e. The molecule has 1 heterocycles. The number of benzene rings is 1. The molecule has 0 amide bonds. The molecule has 3 aliphatic rings. The van der Waals surface area contributed by atoms with E-state index in [1.54, 1.807) is 12.1 Å². The molecule has 1 unspecified atom stereocenters. The van der Waals surface area contributed by atoms with Crippen LogP contribution in [-0.4, -0.2) is 18.4 Å². The lowest BCUT2D eigenvalue weighted by Gasteiger charge is -2.30. The van der Waals surface area contributed by atoms with Crippen molar-refractivity contribution in [3.8, 4) is 11.5 Å². The van der Waals surface area contributed by atoms with E-state index >= 15 is 0 Å². The summed E-state index contributed by atoms with van der Waals surface area (Å²) in [6, 6.07) is 3.57. The van der Waals surface area contributed by atoms with Gasteiger partial charge in [-0.05, 0) is 30.2 Å². The fourth-order valence-electron chi connectivity index (χ4n) is 3.33. The minimum absolute atomic E-state index is 0.00123. The van der Waals surface area contributed by atoms with Crippen LogP contribution in [0.15, 0.2) is 36.4 Å². The molecular weight excluding hydrogens is 256 g/mol. The summed E-state index contributed by atoms with van der Waals surface area (Å²) in [7, 11) is 0. The van der Waals surface area contributed by atoms with E-state index in [-0.39, 0.29) is 18.4 Å². The van der Waals surface area contributed by atoms with Crippen LogP contribution in [0.1, 0.15) is 28.8 Å². The maximum absolute atomic E-state index is 12.6. The molecule has 100 valence electrons. The monoisotopic (exact) mass is 268 g/mol. The van der Waals surface area contributed by atoms with E-state index < -0.39 is 5.41 Å². The number of Topliss-reactive ketones (excluding diaryl/α,β-unsaturated/α-hetero) is 1. The molecule has 0 radical (unpaired) electrons. The Kier molecular flexibility index (Phi) is 2.06. The lowest BCUT2D eigenvalue weighted by Crippen LogP contribution is -2.28. The number of rotatable bonds is 1. The first-order valence-electron chi connectivity index (χ1n) is 6.53. The van der Waals surface area contributed by atoms with Crippen LogP contribution in [0.5, 0.6) is 11.5 Å². The Morgan fingerprint density at radius 3 is 2.70 bits per heavy atom. The molecule has 0 N–H and O–H groups in total. The predicted molar refractivity (Wildman–Crippen MR) is 71.1 cm³/mol. The highest BCUT2D eigenvalue weighted by molar-refractivity contribution is 6.19. The Morgan fingerprint density at radius 1 is 1.20 bits per heavy atom. The summed E-state index contributed by atoms with van der Waals surface area (Å²) in [6.07, 6.45) is 4.26. The highest BCUT2D eigenvalue weighted by atomic mass is 16.7. The molecule has 0 saturated carbocycles. The van der Waals surface area contributed by atoms with Crippen molar-refractivity contribution >= 4 is 11.6 Å². The maximum atomic E-state index is 12.6. The zero-order valence-corrected chi connectivity index (χ0v) is 10.8. The summed E-state index contributed by atoms with van der Waals surface area (Å²) >= 11 is 0. The molecule has 1 aromatic carbocycles. The van der Waals surface area contributed by atoms with Gasteiger partial charge in [-0.25, -0.2) is 0 Å². The Hall–Kier alpha value is -2.36. The average Bonchev–Trinajstić information content (AvgIpc) is 3.00. The fraction of sp³-hybridized carbons (Fsp3) is 0.250. The first kappa shape index (κ1) is 11.5. The Balaban J connectivity index is 2.02. The number of ether oxygens (including phenoxy) is 2. The van der Waals surface area contributed by atoms with Gasteiger partial charge in [0.15, 0.2) is 23.1 Å². The molecule has 0 bridgehead atoms. The van der Waals surface area contributed by atoms with Crippen LogP contribution in [0, 0.1) is 0 Å². The number of allylic oxidation sites excluding steroid dienone is 3. The van der Waals surface area contributed by atoms with Gasteiger partial charge in [0.1, 0.15) is 0 Å². The molecule has 1 aliphatic heterocycles. The van der Waals surface area contributed by atoms with Crippen LogP contribution < -0.4 is 9.47 Å². The molecule has 0 aromatic heterocycles. The highest BCUT2D eigenvalue weighted by Crippen LogP contribution is 2.52. The van der Waals surface area contributed by atoms with E-state index in [2.05, 4.69) is 6.58 Å². The van der Waals surface area contributed by atoms with Gasteiger partial charge in [0.25, 0.3) is 0 Å². The lowest BCUT2D eigenvalue weighted by atomic mass is 9.71. The van der Waals surface area contributed by atoms with Gasteiger partial charge in [-0.3, -0.25) is 9.59 Å². The van der Waals surface area contributed by atoms with Crippen LogP contribution in [0.2, 0.25) is 0 Å². The maximum Gasteiger partial charge on any atom is 0.231 e. The fourth-order valence-corrected chi connectivity index (χ4v) is 3.33. The molecule has 0 saturated heterocycles. The van der Waals surface area contributed by atoms with E-state index in [0.29, 0.717) is 35.5 Å². The van der Waals surface area contributed by atoms with E-state index in [4.69, 9.17) is 9.47 Å². The average molecular weight is 268 g/mol. The molecular formula is C16H12O4. The quantitative estimate of drug-likeness (QED) is 0.733. The molecule has 4 nitrogen and oxygen atoms in total. The molecule has 0 spiro atoms. The summed E-state index contributed by atoms with van der Waals surface area (Å²) in [5.41, 5.74) is 1.44. The van der Waals surface area contributed by atoms with Gasteiger partial charge < -0.3 is 9.47 Å². The summed E-state index contributed by atoms with van der Waals surface area (Å²) < 4.78 is 10.7. The zero-order valence-electron chi connectivity index (χ0n) is 10.8. The van der Waals surface area contributed by atoms with Gasteiger partial charge in [0, 0.05) is 23.0 Å². The summed E-state index contributed by atoms with van der Waals surface area (Å²) in [6.45, 7) is 4.07. The second-order valence-electron chi connectivity index (χ2n) is 5.28. The normalized spacial score (nSPS) is 26.1. The van der Waals surface area contributed by atoms with Crippen molar-refractivity contribution in [3.05, 3.63) is 47.6 Å². The van der Waals surface area contributed by atoms with Gasteiger partial charge in [0.05, 0.1) is 0 Å². The van der Waals surface area contributed by atoms with E-state index in [9.17, 15) is 9.59 Å². The Bertz CT molecular complexity index is 713. The topological polar surface area (TPSA) is 52.6 Å². The highest BCUT2D eigenvalue weighted by Gasteiger charge is 2.48. The largest absolute Gasteiger partial charge is 0.454 e. The van der Waals surface area contributed by atoms with Gasteiger partial charge in [0.2, 0.25) is 6.79 Å². The SMILES string of the molecule is C=CC12CCC(=O)C=C1C(=O)c1cc3c(cc12)OCO3. The smallest absolute Gasteiger partial charge is 0.231 e. The van der Waals surface area contributed by atoms with E-state index in [1.807, 2.05) is 6.07 Å². The summed E-state index contributed by atoms with van der Waals surface area (Å²) in [4.78, 5) is 24.2. The molecule has 2 aliphatic carbocycles. The number of hydrogen-bond acceptors (Lipinski definition) is 4. The van der Waals surface area contributed by atoms with Gasteiger partial charge in [-0.1, -0.05) is 6.08 Å². The minimum atomic E-state index is -0.554. The van der Waals surface area contributed by atoms with Crippen molar-refractivity contribution in [2.75, 3.05) is 6.79 Å². The van der Waals surface area contributed by atoms with Crippen LogP contribution in [0.4, 0.5) is 0 Å². The summed E-state index contributed by atoms with van der Waals surface area (Å²) in [5, 5.41) is 0. The Labute approximate surface area is 115 Å². The van der Waals surface area contributed by atoms with Crippen LogP contribution in [-0.2, 0) is 10.2 Å². The van der Waals surface area contributed by atoms with Crippen molar-refractivity contribution in [2.24, 2.45) is 0 Å². The molecule has 4 rings (SSSR count). The second kappa shape index (κ2) is 3.60. The van der Waals surface area contributed by atoms with Gasteiger partial charge in [-0.15, -0.1) is 6.58 Å². The van der Waals surface area contributed by atoms with E-state index in [1.165, 1.54) is 6.08 Å². The van der Waals surface area contributed by atoms with Crippen LogP contribution in [0.25, 0.3) is 0 Å². The van der Waals surface area contributed by atoms with E-state index in [0.717, 1.165) is 5.56 Å². The van der Waals surface area contributed by atoms with Crippen molar-refractivity contribution in [1.82, 2.24) is 0 Å². The second-order valence-corrected chi connectivity index (χ2v) is 5.28. The van der Waals surface area contributed by atoms with Gasteiger partial charge >= 0.3 is 0 Å².